The van der Waals surface area contributed by atoms with Crippen LogP contribution in [0, 0.1) is 17.8 Å². The van der Waals surface area contributed by atoms with E-state index in [1.54, 1.807) is 14.0 Å². The van der Waals surface area contributed by atoms with Crippen LogP contribution in [0.1, 0.15) is 76.3 Å². The van der Waals surface area contributed by atoms with Crippen molar-refractivity contribution in [1.82, 2.24) is 40.4 Å². The Kier molecular flexibility index (Phi) is 13.1. The number of aromatic nitrogens is 4. The molecule has 8 rings (SSSR count). The van der Waals surface area contributed by atoms with E-state index < -0.39 is 36.6 Å². The summed E-state index contributed by atoms with van der Waals surface area (Å²) in [6.07, 6.45) is 1.06. The van der Waals surface area contributed by atoms with Crippen LogP contribution in [0.3, 0.4) is 0 Å². The van der Waals surface area contributed by atoms with E-state index in [4.69, 9.17) is 33.7 Å². The number of carbonyl (C=O) groups excluding carboxylic acids is 3. The van der Waals surface area contributed by atoms with Crippen LogP contribution in [0.2, 0.25) is 0 Å². The van der Waals surface area contributed by atoms with Crippen molar-refractivity contribution in [2.45, 2.75) is 90.1 Å². The number of aliphatic hydroxyl groups excluding tert-OH is 1. The Balaban J connectivity index is 1.05. The van der Waals surface area contributed by atoms with Gasteiger partial charge in [-0.3, -0.25) is 9.69 Å². The van der Waals surface area contributed by atoms with Crippen LogP contribution in [0.4, 0.5) is 9.59 Å². The number of H-pyrrole nitrogens is 2. The summed E-state index contributed by atoms with van der Waals surface area (Å²) in [5.41, 5.74) is 6.54. The number of aliphatic hydroxyl groups is 1. The molecule has 3 aromatic carbocycles. The molecule has 17 nitrogen and oxygen atoms in total. The zero-order valence-electron chi connectivity index (χ0n) is 37.8. The lowest BCUT2D eigenvalue weighted by molar-refractivity contribution is -0.135. The summed E-state index contributed by atoms with van der Waals surface area (Å²) in [5, 5.41) is 19.3. The van der Waals surface area contributed by atoms with E-state index >= 15 is 0 Å². The smallest absolute Gasteiger partial charge is 0.407 e. The number of fused-ring (bicyclic) bond motifs is 6. The van der Waals surface area contributed by atoms with Crippen molar-refractivity contribution in [3.05, 3.63) is 65.9 Å². The Morgan fingerprint density at radius 3 is 2.45 bits per heavy atom. The van der Waals surface area contributed by atoms with Crippen LogP contribution < -0.4 is 15.4 Å². The van der Waals surface area contributed by atoms with Crippen LogP contribution in [-0.4, -0.2) is 125 Å². The minimum absolute atomic E-state index is 0.0797. The molecule has 0 saturated carbocycles. The van der Waals surface area contributed by atoms with Gasteiger partial charge in [-0.05, 0) is 83.9 Å². The maximum Gasteiger partial charge on any atom is 0.407 e. The zero-order chi connectivity index (χ0) is 45.4. The van der Waals surface area contributed by atoms with Crippen molar-refractivity contribution >= 4 is 39.9 Å². The van der Waals surface area contributed by atoms with Gasteiger partial charge in [0, 0.05) is 38.3 Å². The molecule has 5 N–H and O–H groups in total. The van der Waals surface area contributed by atoms with Crippen molar-refractivity contribution in [3.63, 3.8) is 0 Å². The molecule has 5 heterocycles. The standard InChI is InChI=1S/C47H60N8O9/c1-9-25(3)39(52-46(58)62-7)44(56)54-20-24(2)14-36(54)42-48-19-35(50-42)29-10-12-31-30(16-29)23-64-38-18-32-28(17-33(31)38)11-13-34-41(32)51-43(49-34)37-15-27(22-60-5)21-55(37)45(57)40(26(4)61-6)53-47(59)63-8/h10-13,16-19,24-27,36-37,39-40,45,57H,9,14-15,20-23H2,1-8H3,(H,48,50)(H,49,51)(H,52,58)(H,53,59)/t24-,25-,26+,27-,36-,37-,39?,40?,45?/m0/s1. The fourth-order valence-corrected chi connectivity index (χ4v) is 9.74. The number of carbonyl (C=O) groups is 3. The maximum atomic E-state index is 14.0. The molecule has 0 bridgehead atoms. The monoisotopic (exact) mass is 880 g/mol. The molecule has 0 radical (unpaired) electrons. The van der Waals surface area contributed by atoms with Crippen LogP contribution in [0.25, 0.3) is 44.2 Å². The molecule has 64 heavy (non-hydrogen) atoms. The molecule has 0 aliphatic carbocycles. The summed E-state index contributed by atoms with van der Waals surface area (Å²) in [6.45, 7) is 9.84. The number of benzene rings is 3. The van der Waals surface area contributed by atoms with E-state index in [-0.39, 0.29) is 35.7 Å². The zero-order valence-corrected chi connectivity index (χ0v) is 37.8. The predicted molar refractivity (Wildman–Crippen MR) is 239 cm³/mol. The first-order valence-electron chi connectivity index (χ1n) is 22.1. The third-order valence-electron chi connectivity index (χ3n) is 13.5. The number of imidazole rings is 2. The van der Waals surface area contributed by atoms with Crippen molar-refractivity contribution in [3.8, 4) is 28.1 Å². The average Bonchev–Trinajstić information content (AvgIpc) is 4.14. The SMILES string of the molecule is CC[C@H](C)C(NC(=O)OC)C(=O)N1C[C@@H](C)C[C@H]1c1ncc(-c2ccc3c(c2)COc2cc4c(ccc5nc([C@@H]6C[C@H](COC)CN6C(O)C(NC(=O)OC)[C@@H](C)OC)[nH]c54)cc2-3)[nH]1. The number of hydrogen-bond acceptors (Lipinski definition) is 12. The fourth-order valence-electron chi connectivity index (χ4n) is 9.74. The van der Waals surface area contributed by atoms with Gasteiger partial charge in [0.1, 0.15) is 36.3 Å². The largest absolute Gasteiger partial charge is 0.488 e. The molecule has 3 unspecified atom stereocenters. The third kappa shape index (κ3) is 8.61. The molecule has 2 aromatic heterocycles. The fraction of sp³-hybridized carbons (Fsp3) is 0.511. The van der Waals surface area contributed by atoms with Crippen molar-refractivity contribution in [2.75, 3.05) is 48.1 Å². The molecule has 2 saturated heterocycles. The van der Waals surface area contributed by atoms with E-state index in [9.17, 15) is 19.5 Å². The molecule has 17 heteroatoms. The predicted octanol–water partition coefficient (Wildman–Crippen LogP) is 6.43. The molecular formula is C47H60N8O9. The number of nitrogens with zero attached hydrogens (tertiary/aromatic N) is 4. The van der Waals surface area contributed by atoms with Gasteiger partial charge >= 0.3 is 12.2 Å². The van der Waals surface area contributed by atoms with Crippen LogP contribution in [0.15, 0.2) is 48.7 Å². The number of aromatic amines is 2. The molecule has 3 amide bonds. The van der Waals surface area contributed by atoms with Crippen molar-refractivity contribution in [2.24, 2.45) is 17.8 Å². The summed E-state index contributed by atoms with van der Waals surface area (Å²) in [4.78, 5) is 59.3. The van der Waals surface area contributed by atoms with Crippen LogP contribution >= 0.6 is 0 Å². The van der Waals surface area contributed by atoms with Crippen molar-refractivity contribution in [1.29, 1.82) is 0 Å². The highest BCUT2D eigenvalue weighted by Gasteiger charge is 2.44. The first-order chi connectivity index (χ1) is 30.8. The summed E-state index contributed by atoms with van der Waals surface area (Å²) >= 11 is 0. The highest BCUT2D eigenvalue weighted by atomic mass is 16.5. The lowest BCUT2D eigenvalue weighted by Gasteiger charge is -2.36. The number of ether oxygens (including phenoxy) is 5. The second kappa shape index (κ2) is 18.8. The molecule has 9 atom stereocenters. The third-order valence-corrected chi connectivity index (χ3v) is 13.5. The number of alkyl carbamates (subject to hydrolysis) is 2. The lowest BCUT2D eigenvalue weighted by atomic mass is 9.92. The Labute approximate surface area is 372 Å². The Morgan fingerprint density at radius 2 is 1.72 bits per heavy atom. The molecule has 342 valence electrons. The second-order valence-corrected chi connectivity index (χ2v) is 17.6. The highest BCUT2D eigenvalue weighted by Crippen LogP contribution is 2.44. The molecule has 2 fully saturated rings. The molecular weight excluding hydrogens is 821 g/mol. The van der Waals surface area contributed by atoms with Gasteiger partial charge in [-0.25, -0.2) is 19.6 Å². The van der Waals surface area contributed by atoms with Gasteiger partial charge in [0.05, 0.1) is 68.0 Å². The number of rotatable bonds is 14. The Morgan fingerprint density at radius 1 is 0.938 bits per heavy atom. The van der Waals surface area contributed by atoms with E-state index in [1.165, 1.54) is 21.3 Å². The number of nitrogens with one attached hydrogen (secondary N) is 4. The normalized spacial score (nSPS) is 22.0. The minimum atomic E-state index is -1.11. The molecule has 0 spiro atoms. The summed E-state index contributed by atoms with van der Waals surface area (Å²) in [5.74, 6) is 2.33. The van der Waals surface area contributed by atoms with Crippen LogP contribution in [-0.2, 0) is 30.3 Å². The highest BCUT2D eigenvalue weighted by molar-refractivity contribution is 6.07. The average molecular weight is 881 g/mol. The van der Waals surface area contributed by atoms with E-state index in [0.29, 0.717) is 44.4 Å². The summed E-state index contributed by atoms with van der Waals surface area (Å²) in [7, 11) is 5.79. The van der Waals surface area contributed by atoms with Crippen molar-refractivity contribution < 1.29 is 43.2 Å². The summed E-state index contributed by atoms with van der Waals surface area (Å²) < 4.78 is 27.3. The van der Waals surface area contributed by atoms with Gasteiger partial charge in [0.15, 0.2) is 0 Å². The lowest BCUT2D eigenvalue weighted by Crippen LogP contribution is -2.57. The molecule has 3 aliphatic heterocycles. The van der Waals surface area contributed by atoms with Crippen LogP contribution in [0.5, 0.6) is 5.75 Å². The van der Waals surface area contributed by atoms with E-state index in [2.05, 4.69) is 63.9 Å². The van der Waals surface area contributed by atoms with Gasteiger partial charge in [-0.15, -0.1) is 0 Å². The van der Waals surface area contributed by atoms with Gasteiger partial charge in [0.25, 0.3) is 0 Å². The van der Waals surface area contributed by atoms with E-state index in [0.717, 1.165) is 68.3 Å². The quantitative estimate of drug-likeness (QED) is 0.0819. The molecule has 5 aromatic rings. The first kappa shape index (κ1) is 44.8. The topological polar surface area (TPSA) is 205 Å². The van der Waals surface area contributed by atoms with E-state index in [1.807, 2.05) is 35.9 Å². The maximum absolute atomic E-state index is 14.0. The summed E-state index contributed by atoms with van der Waals surface area (Å²) in [6, 6.07) is 12.6. The Hall–Kier alpha value is -5.75. The molecule has 3 aliphatic rings. The number of methoxy groups -OCH3 is 4. The number of likely N-dealkylation sites (tertiary alicyclic amines) is 2. The van der Waals surface area contributed by atoms with Gasteiger partial charge in [-0.1, -0.05) is 45.4 Å². The Bertz CT molecular complexity index is 2510. The van der Waals surface area contributed by atoms with Gasteiger partial charge in [-0.2, -0.15) is 0 Å². The van der Waals surface area contributed by atoms with Gasteiger partial charge in [0.2, 0.25) is 5.91 Å². The minimum Gasteiger partial charge on any atom is -0.488 e. The number of amides is 3. The first-order valence-corrected chi connectivity index (χ1v) is 22.1. The number of hydrogen-bond donors (Lipinski definition) is 5. The van der Waals surface area contributed by atoms with Gasteiger partial charge < -0.3 is 54.3 Å². The second-order valence-electron chi connectivity index (χ2n) is 17.6.